The third kappa shape index (κ3) is 3.29. The van der Waals surface area contributed by atoms with Gasteiger partial charge in [-0.25, -0.2) is 13.1 Å². The fourth-order valence-corrected chi connectivity index (χ4v) is 2.54. The number of hydrogen-bond acceptors (Lipinski definition) is 4. The summed E-state index contributed by atoms with van der Waals surface area (Å²) < 4.78 is 30.5. The molecule has 0 fully saturated rings. The van der Waals surface area contributed by atoms with E-state index in [4.69, 9.17) is 4.74 Å². The van der Waals surface area contributed by atoms with Crippen LogP contribution < -0.4 is 14.4 Å². The number of fused-ring (bicyclic) bond motifs is 1. The number of hydrogen-bond donors (Lipinski definition) is 1. The van der Waals surface area contributed by atoms with Crippen LogP contribution in [0.2, 0.25) is 0 Å². The molecule has 0 saturated carbocycles. The zero-order valence-electron chi connectivity index (χ0n) is 11.5. The summed E-state index contributed by atoms with van der Waals surface area (Å²) in [6.45, 7) is 1.99. The van der Waals surface area contributed by atoms with E-state index in [1.54, 1.807) is 18.9 Å². The van der Waals surface area contributed by atoms with Crippen LogP contribution in [0.15, 0.2) is 18.2 Å². The van der Waals surface area contributed by atoms with Crippen molar-refractivity contribution in [2.24, 2.45) is 0 Å². The number of nitrogens with one attached hydrogen (secondary N) is 1. The Hall–Kier alpha value is -1.60. The lowest BCUT2D eigenvalue weighted by atomic mass is 10.1. The number of nitrogens with zero attached hydrogens (tertiary/aromatic N) is 1. The number of carbonyl (C=O) groups excluding carboxylic acids is 1. The summed E-state index contributed by atoms with van der Waals surface area (Å²) >= 11 is 0. The summed E-state index contributed by atoms with van der Waals surface area (Å²) in [5, 5.41) is 0. The first-order valence-corrected chi connectivity index (χ1v) is 8.08. The minimum Gasteiger partial charge on any atom is -0.482 e. The highest BCUT2D eigenvalue weighted by Gasteiger charge is 2.22. The molecule has 1 amide bonds. The molecule has 0 radical (unpaired) electrons. The molecule has 0 unspecified atom stereocenters. The van der Waals surface area contributed by atoms with Gasteiger partial charge in [0.05, 0.1) is 11.4 Å². The number of benzene rings is 1. The monoisotopic (exact) mass is 298 g/mol. The van der Waals surface area contributed by atoms with Crippen molar-refractivity contribution >= 4 is 21.6 Å². The van der Waals surface area contributed by atoms with Crippen LogP contribution in [0, 0.1) is 0 Å². The highest BCUT2D eigenvalue weighted by molar-refractivity contribution is 7.89. The average Bonchev–Trinajstić information content (AvgIpc) is 2.43. The smallest absolute Gasteiger partial charge is 0.264 e. The maximum atomic E-state index is 11.6. The third-order valence-corrected chi connectivity index (χ3v) is 4.63. The van der Waals surface area contributed by atoms with Gasteiger partial charge in [-0.3, -0.25) is 4.79 Å². The summed E-state index contributed by atoms with van der Waals surface area (Å²) in [5.74, 6) is 0.647. The molecule has 1 aliphatic heterocycles. The highest BCUT2D eigenvalue weighted by Crippen LogP contribution is 2.31. The van der Waals surface area contributed by atoms with Crippen LogP contribution in [0.1, 0.15) is 12.5 Å². The molecule has 1 aromatic carbocycles. The van der Waals surface area contributed by atoms with Gasteiger partial charge in [-0.15, -0.1) is 0 Å². The van der Waals surface area contributed by atoms with Crippen molar-refractivity contribution in [1.29, 1.82) is 0 Å². The summed E-state index contributed by atoms with van der Waals surface area (Å²) in [4.78, 5) is 13.1. The van der Waals surface area contributed by atoms with Gasteiger partial charge in [-0.2, -0.15) is 0 Å². The van der Waals surface area contributed by atoms with Crippen molar-refractivity contribution < 1.29 is 17.9 Å². The molecule has 0 aliphatic carbocycles. The molecular weight excluding hydrogens is 280 g/mol. The predicted molar refractivity (Wildman–Crippen MR) is 76.5 cm³/mol. The van der Waals surface area contributed by atoms with Gasteiger partial charge >= 0.3 is 0 Å². The van der Waals surface area contributed by atoms with Crippen molar-refractivity contribution in [2.45, 2.75) is 13.3 Å². The normalized spacial score (nSPS) is 14.9. The Kier molecular flexibility index (Phi) is 4.29. The Morgan fingerprint density at radius 1 is 1.40 bits per heavy atom. The number of anilines is 1. The Balaban J connectivity index is 2.06. The summed E-state index contributed by atoms with van der Waals surface area (Å²) in [6, 6.07) is 5.54. The van der Waals surface area contributed by atoms with Gasteiger partial charge in [0.1, 0.15) is 5.75 Å². The van der Waals surface area contributed by atoms with Gasteiger partial charge in [0.25, 0.3) is 5.91 Å². The Labute approximate surface area is 118 Å². The minimum absolute atomic E-state index is 0.0547. The molecular formula is C13H18N2O4S. The Bertz CT molecular complexity index is 613. The van der Waals surface area contributed by atoms with E-state index in [1.807, 2.05) is 18.2 Å². The van der Waals surface area contributed by atoms with Crippen molar-refractivity contribution in [3.63, 3.8) is 0 Å². The van der Waals surface area contributed by atoms with Gasteiger partial charge in [-0.1, -0.05) is 6.07 Å². The fourth-order valence-electron chi connectivity index (χ4n) is 1.93. The van der Waals surface area contributed by atoms with Crippen LogP contribution in [0.25, 0.3) is 0 Å². The maximum absolute atomic E-state index is 11.6. The molecule has 0 saturated heterocycles. The molecule has 0 atom stereocenters. The molecule has 0 aromatic heterocycles. The van der Waals surface area contributed by atoms with E-state index < -0.39 is 10.0 Å². The van der Waals surface area contributed by atoms with Gasteiger partial charge in [-0.05, 0) is 31.0 Å². The molecule has 0 spiro atoms. The third-order valence-electron chi connectivity index (χ3n) is 3.23. The van der Waals surface area contributed by atoms with E-state index in [2.05, 4.69) is 4.72 Å². The van der Waals surface area contributed by atoms with Gasteiger partial charge in [0.2, 0.25) is 10.0 Å². The van der Waals surface area contributed by atoms with Gasteiger partial charge in [0.15, 0.2) is 6.61 Å². The summed E-state index contributed by atoms with van der Waals surface area (Å²) in [7, 11) is -1.46. The van der Waals surface area contributed by atoms with Crippen LogP contribution in [0.4, 0.5) is 5.69 Å². The second-order valence-electron chi connectivity index (χ2n) is 4.59. The zero-order valence-corrected chi connectivity index (χ0v) is 12.4. The lowest BCUT2D eigenvalue weighted by Gasteiger charge is -2.26. The SMILES string of the molecule is CCS(=O)(=O)NCCc1ccc2c(c1)N(C)C(=O)CO2. The fraction of sp³-hybridized carbons (Fsp3) is 0.462. The van der Waals surface area contributed by atoms with Crippen LogP contribution in [0.5, 0.6) is 5.75 Å². The summed E-state index contributed by atoms with van der Waals surface area (Å²) in [5.41, 5.74) is 1.67. The number of sulfonamides is 1. The van der Waals surface area contributed by atoms with E-state index in [0.717, 1.165) is 11.3 Å². The topological polar surface area (TPSA) is 75.7 Å². The minimum atomic E-state index is -3.17. The number of ether oxygens (including phenoxy) is 1. The first-order valence-electron chi connectivity index (χ1n) is 6.42. The number of amides is 1. The first-order chi connectivity index (χ1) is 9.43. The molecule has 0 bridgehead atoms. The zero-order chi connectivity index (χ0) is 14.8. The van der Waals surface area contributed by atoms with Crippen LogP contribution in [0.3, 0.4) is 0 Å². The molecule has 110 valence electrons. The largest absolute Gasteiger partial charge is 0.482 e. The van der Waals surface area contributed by atoms with E-state index in [9.17, 15) is 13.2 Å². The molecule has 2 rings (SSSR count). The Morgan fingerprint density at radius 3 is 2.85 bits per heavy atom. The average molecular weight is 298 g/mol. The molecule has 20 heavy (non-hydrogen) atoms. The van der Waals surface area contributed by atoms with Crippen molar-refractivity contribution in [3.05, 3.63) is 23.8 Å². The predicted octanol–water partition coefficient (Wildman–Crippen LogP) is 0.524. The first kappa shape index (κ1) is 14.8. The number of carbonyl (C=O) groups is 1. The lowest BCUT2D eigenvalue weighted by Crippen LogP contribution is -2.35. The lowest BCUT2D eigenvalue weighted by molar-refractivity contribution is -0.120. The van der Waals surface area contributed by atoms with E-state index in [0.29, 0.717) is 18.7 Å². The molecule has 1 heterocycles. The number of likely N-dealkylation sites (N-methyl/N-ethyl adjacent to an activating group) is 1. The Morgan fingerprint density at radius 2 is 2.15 bits per heavy atom. The maximum Gasteiger partial charge on any atom is 0.264 e. The van der Waals surface area contributed by atoms with Crippen LogP contribution in [-0.4, -0.2) is 40.3 Å². The van der Waals surface area contributed by atoms with Crippen molar-refractivity contribution in [3.8, 4) is 5.75 Å². The van der Waals surface area contributed by atoms with Crippen LogP contribution >= 0.6 is 0 Å². The molecule has 7 heteroatoms. The standard InChI is InChI=1S/C13H18N2O4S/c1-3-20(17,18)14-7-6-10-4-5-12-11(8-10)15(2)13(16)9-19-12/h4-5,8,14H,3,6-7,9H2,1-2H3. The van der Waals surface area contributed by atoms with E-state index in [-0.39, 0.29) is 18.3 Å². The number of rotatable bonds is 5. The van der Waals surface area contributed by atoms with Gasteiger partial charge in [0, 0.05) is 13.6 Å². The second-order valence-corrected chi connectivity index (χ2v) is 6.69. The second kappa shape index (κ2) is 5.80. The van der Waals surface area contributed by atoms with Crippen molar-refractivity contribution in [1.82, 2.24) is 4.72 Å². The molecule has 6 nitrogen and oxygen atoms in total. The molecule has 1 N–H and O–H groups in total. The molecule has 1 aromatic rings. The summed E-state index contributed by atoms with van der Waals surface area (Å²) in [6.07, 6.45) is 0.564. The quantitative estimate of drug-likeness (QED) is 0.860. The highest BCUT2D eigenvalue weighted by atomic mass is 32.2. The van der Waals surface area contributed by atoms with E-state index >= 15 is 0 Å². The van der Waals surface area contributed by atoms with Crippen LogP contribution in [-0.2, 0) is 21.2 Å². The molecule has 1 aliphatic rings. The van der Waals surface area contributed by atoms with Gasteiger partial charge < -0.3 is 9.64 Å². The van der Waals surface area contributed by atoms with Crippen molar-refractivity contribution in [2.75, 3.05) is 30.9 Å². The van der Waals surface area contributed by atoms with E-state index in [1.165, 1.54) is 0 Å².